The van der Waals surface area contributed by atoms with Crippen LogP contribution in [0.2, 0.25) is 0 Å². The van der Waals surface area contributed by atoms with Crippen LogP contribution in [0.5, 0.6) is 0 Å². The van der Waals surface area contributed by atoms with Crippen LogP contribution in [-0.2, 0) is 4.74 Å². The summed E-state index contributed by atoms with van der Waals surface area (Å²) >= 11 is 4.68. The third-order valence-corrected chi connectivity index (χ3v) is 5.92. The number of hydrogen-bond acceptors (Lipinski definition) is 4. The number of carbonyl (C=O) groups excluding carboxylic acids is 2. The molecule has 6 heteroatoms. The van der Waals surface area contributed by atoms with Gasteiger partial charge in [0, 0.05) is 21.0 Å². The molecule has 1 N–H and O–H groups in total. The fourth-order valence-corrected chi connectivity index (χ4v) is 4.11. The maximum Gasteiger partial charge on any atom is 0.341 e. The van der Waals surface area contributed by atoms with Crippen LogP contribution in [0.15, 0.2) is 58.4 Å². The molecule has 0 radical (unpaired) electrons. The van der Waals surface area contributed by atoms with Crippen LogP contribution < -0.4 is 5.32 Å². The van der Waals surface area contributed by atoms with E-state index in [1.165, 1.54) is 16.9 Å². The van der Waals surface area contributed by atoms with E-state index in [0.717, 1.165) is 15.6 Å². The Morgan fingerprint density at radius 2 is 1.72 bits per heavy atom. The Hall–Kier alpha value is -2.44. The Bertz CT molecular complexity index is 1010. The van der Waals surface area contributed by atoms with Crippen molar-refractivity contribution >= 4 is 44.1 Å². The van der Waals surface area contributed by atoms with Crippen molar-refractivity contribution in [3.05, 3.63) is 75.1 Å². The van der Waals surface area contributed by atoms with Crippen LogP contribution >= 0.6 is 27.3 Å². The number of rotatable bonds is 6. The van der Waals surface area contributed by atoms with Crippen LogP contribution in [0.4, 0.5) is 5.00 Å². The van der Waals surface area contributed by atoms with Gasteiger partial charge in [0.2, 0.25) is 0 Å². The lowest BCUT2D eigenvalue weighted by Gasteiger charge is -2.10. The highest BCUT2D eigenvalue weighted by molar-refractivity contribution is 9.10. The van der Waals surface area contributed by atoms with Gasteiger partial charge >= 0.3 is 5.97 Å². The van der Waals surface area contributed by atoms with Gasteiger partial charge in [0.15, 0.2) is 0 Å². The zero-order chi connectivity index (χ0) is 21.0. The van der Waals surface area contributed by atoms with E-state index in [-0.39, 0.29) is 12.5 Å². The molecule has 1 amide bonds. The van der Waals surface area contributed by atoms with Gasteiger partial charge in [-0.3, -0.25) is 4.79 Å². The molecule has 0 spiro atoms. The highest BCUT2D eigenvalue weighted by Gasteiger charge is 2.23. The lowest BCUT2D eigenvalue weighted by atomic mass is 9.98. The molecule has 0 fully saturated rings. The fraction of sp³-hybridized carbons (Fsp3) is 0.217. The molecule has 0 bridgehead atoms. The summed E-state index contributed by atoms with van der Waals surface area (Å²) < 4.78 is 6.16. The number of esters is 1. The molecule has 0 aliphatic carbocycles. The monoisotopic (exact) mass is 471 g/mol. The van der Waals surface area contributed by atoms with E-state index >= 15 is 0 Å². The topological polar surface area (TPSA) is 55.4 Å². The molecule has 0 unspecified atom stereocenters. The average Bonchev–Trinajstić information content (AvgIpc) is 3.12. The SMILES string of the molecule is CCOC(=O)c1c(-c2ccc(C(C)C)cc2)csc1NC(=O)c1ccc(Br)cc1. The van der Waals surface area contributed by atoms with Crippen molar-refractivity contribution in [1.82, 2.24) is 0 Å². The van der Waals surface area contributed by atoms with Crippen LogP contribution in [0.3, 0.4) is 0 Å². The Morgan fingerprint density at radius 3 is 2.31 bits per heavy atom. The lowest BCUT2D eigenvalue weighted by Crippen LogP contribution is -2.14. The summed E-state index contributed by atoms with van der Waals surface area (Å²) in [7, 11) is 0. The third-order valence-electron chi connectivity index (χ3n) is 4.49. The number of benzene rings is 2. The molecule has 0 aliphatic heterocycles. The van der Waals surface area contributed by atoms with Gasteiger partial charge in [-0.2, -0.15) is 0 Å². The number of nitrogens with one attached hydrogen (secondary N) is 1. The summed E-state index contributed by atoms with van der Waals surface area (Å²) in [5.41, 5.74) is 3.80. The zero-order valence-corrected chi connectivity index (χ0v) is 18.9. The van der Waals surface area contributed by atoms with Crippen molar-refractivity contribution in [2.75, 3.05) is 11.9 Å². The molecule has 0 saturated carbocycles. The second kappa shape index (κ2) is 9.37. The number of amides is 1. The normalized spacial score (nSPS) is 10.8. The van der Waals surface area contributed by atoms with E-state index in [2.05, 4.69) is 47.2 Å². The predicted octanol–water partition coefficient (Wildman–Crippen LogP) is 6.73. The molecular weight excluding hydrogens is 450 g/mol. The molecule has 3 rings (SSSR count). The summed E-state index contributed by atoms with van der Waals surface area (Å²) in [6, 6.07) is 15.2. The van der Waals surface area contributed by atoms with E-state index in [1.807, 2.05) is 17.5 Å². The average molecular weight is 472 g/mol. The van der Waals surface area contributed by atoms with Crippen molar-refractivity contribution < 1.29 is 14.3 Å². The molecule has 1 heterocycles. The highest BCUT2D eigenvalue weighted by atomic mass is 79.9. The van der Waals surface area contributed by atoms with Gasteiger partial charge in [-0.1, -0.05) is 54.0 Å². The second-order valence-corrected chi connectivity index (χ2v) is 8.61. The first-order valence-electron chi connectivity index (χ1n) is 9.36. The summed E-state index contributed by atoms with van der Waals surface area (Å²) in [5, 5.41) is 5.24. The molecular formula is C23H22BrNO3S. The smallest absolute Gasteiger partial charge is 0.341 e. The summed E-state index contributed by atoms with van der Waals surface area (Å²) in [4.78, 5) is 25.3. The van der Waals surface area contributed by atoms with Gasteiger partial charge < -0.3 is 10.1 Å². The molecule has 29 heavy (non-hydrogen) atoms. The Balaban J connectivity index is 1.96. The van der Waals surface area contributed by atoms with Gasteiger partial charge in [-0.15, -0.1) is 11.3 Å². The fourth-order valence-electron chi connectivity index (χ4n) is 2.89. The molecule has 150 valence electrons. The first kappa shape index (κ1) is 21.3. The first-order valence-corrected chi connectivity index (χ1v) is 11.0. The summed E-state index contributed by atoms with van der Waals surface area (Å²) in [6.07, 6.45) is 0. The maximum atomic E-state index is 12.7. The minimum absolute atomic E-state index is 0.264. The zero-order valence-electron chi connectivity index (χ0n) is 16.5. The molecule has 1 aromatic heterocycles. The lowest BCUT2D eigenvalue weighted by molar-refractivity contribution is 0.0529. The van der Waals surface area contributed by atoms with Gasteiger partial charge in [0.25, 0.3) is 5.91 Å². The van der Waals surface area contributed by atoms with Crippen molar-refractivity contribution in [3.63, 3.8) is 0 Å². The van der Waals surface area contributed by atoms with Crippen molar-refractivity contribution in [3.8, 4) is 11.1 Å². The van der Waals surface area contributed by atoms with Crippen LogP contribution in [0, 0.1) is 0 Å². The standard InChI is InChI=1S/C23H22BrNO3S/c1-4-28-23(27)20-19(16-7-5-15(6-8-16)14(2)3)13-29-22(20)25-21(26)17-9-11-18(24)12-10-17/h5-14H,4H2,1-3H3,(H,25,26). The second-order valence-electron chi connectivity index (χ2n) is 6.81. The number of ether oxygens (including phenoxy) is 1. The van der Waals surface area contributed by atoms with E-state index in [9.17, 15) is 9.59 Å². The minimum atomic E-state index is -0.442. The van der Waals surface area contributed by atoms with E-state index in [0.29, 0.717) is 22.0 Å². The van der Waals surface area contributed by atoms with Crippen LogP contribution in [0.1, 0.15) is 53.0 Å². The number of halogens is 1. The third kappa shape index (κ3) is 4.95. The number of carbonyl (C=O) groups is 2. The van der Waals surface area contributed by atoms with E-state index in [4.69, 9.17) is 4.74 Å². The molecule has 2 aromatic carbocycles. The van der Waals surface area contributed by atoms with Crippen molar-refractivity contribution in [2.24, 2.45) is 0 Å². The van der Waals surface area contributed by atoms with Crippen molar-refractivity contribution in [2.45, 2.75) is 26.7 Å². The Morgan fingerprint density at radius 1 is 1.07 bits per heavy atom. The van der Waals surface area contributed by atoms with Crippen LogP contribution in [-0.4, -0.2) is 18.5 Å². The van der Waals surface area contributed by atoms with Crippen LogP contribution in [0.25, 0.3) is 11.1 Å². The van der Waals surface area contributed by atoms with Gasteiger partial charge in [-0.25, -0.2) is 4.79 Å². The van der Waals surface area contributed by atoms with Gasteiger partial charge in [-0.05, 0) is 48.2 Å². The maximum absolute atomic E-state index is 12.7. The molecule has 0 aliphatic rings. The minimum Gasteiger partial charge on any atom is -0.462 e. The van der Waals surface area contributed by atoms with Gasteiger partial charge in [0.05, 0.1) is 6.61 Å². The van der Waals surface area contributed by atoms with E-state index in [1.54, 1.807) is 31.2 Å². The molecule has 4 nitrogen and oxygen atoms in total. The predicted molar refractivity (Wildman–Crippen MR) is 122 cm³/mol. The summed E-state index contributed by atoms with van der Waals surface area (Å²) in [5.74, 6) is -0.286. The Kier molecular flexibility index (Phi) is 6.87. The number of hydrogen-bond donors (Lipinski definition) is 1. The quantitative estimate of drug-likeness (QED) is 0.405. The Labute approximate surface area is 183 Å². The highest BCUT2D eigenvalue weighted by Crippen LogP contribution is 2.37. The largest absolute Gasteiger partial charge is 0.462 e. The van der Waals surface area contributed by atoms with Gasteiger partial charge in [0.1, 0.15) is 10.6 Å². The van der Waals surface area contributed by atoms with E-state index < -0.39 is 5.97 Å². The van der Waals surface area contributed by atoms with Crippen molar-refractivity contribution in [1.29, 1.82) is 0 Å². The molecule has 3 aromatic rings. The molecule has 0 saturated heterocycles. The number of thiophene rings is 1. The number of anilines is 1. The summed E-state index contributed by atoms with van der Waals surface area (Å²) in [6.45, 7) is 6.31. The first-order chi connectivity index (χ1) is 13.9. The molecule has 0 atom stereocenters.